The Bertz CT molecular complexity index is 688. The van der Waals surface area contributed by atoms with Gasteiger partial charge in [0.05, 0.1) is 4.88 Å². The number of thiazole rings is 1. The normalized spacial score (nSPS) is 17.6. The summed E-state index contributed by atoms with van der Waals surface area (Å²) >= 11 is 4.78. The average Bonchev–Trinajstić information content (AvgIpc) is 2.83. The van der Waals surface area contributed by atoms with Gasteiger partial charge in [-0.2, -0.15) is 0 Å². The van der Waals surface area contributed by atoms with E-state index >= 15 is 0 Å². The van der Waals surface area contributed by atoms with Gasteiger partial charge in [-0.15, -0.1) is 0 Å². The molecule has 0 saturated carbocycles. The minimum atomic E-state index is -0.307. The van der Waals surface area contributed by atoms with E-state index in [1.807, 2.05) is 0 Å². The molecule has 0 saturated heterocycles. The Morgan fingerprint density at radius 3 is 3.10 bits per heavy atom. The van der Waals surface area contributed by atoms with Gasteiger partial charge in [-0.3, -0.25) is 4.79 Å². The van der Waals surface area contributed by atoms with E-state index in [-0.39, 0.29) is 24.1 Å². The van der Waals surface area contributed by atoms with Gasteiger partial charge in [0.25, 0.3) is 0 Å². The van der Waals surface area contributed by atoms with Crippen molar-refractivity contribution in [2.45, 2.75) is 12.3 Å². The molecule has 1 aliphatic rings. The van der Waals surface area contributed by atoms with Crippen LogP contribution in [0.15, 0.2) is 22.7 Å². The highest BCUT2D eigenvalue weighted by atomic mass is 79.9. The van der Waals surface area contributed by atoms with Gasteiger partial charge in [-0.25, -0.2) is 9.37 Å². The number of benzene rings is 1. The summed E-state index contributed by atoms with van der Waals surface area (Å²) in [6, 6.07) is 4.78. The van der Waals surface area contributed by atoms with Crippen LogP contribution >= 0.6 is 27.3 Å². The van der Waals surface area contributed by atoms with E-state index in [0.29, 0.717) is 16.5 Å². The molecule has 1 aromatic heterocycles. The molecular weight excluding hydrogens is 345 g/mol. The van der Waals surface area contributed by atoms with E-state index in [4.69, 9.17) is 0 Å². The SMILES string of the molecule is CNc1nc2c(s1)[C@@H](c1cc(Br)ccc1F)CC(=O)N2. The maximum Gasteiger partial charge on any atom is 0.226 e. The first kappa shape index (κ1) is 13.5. The van der Waals surface area contributed by atoms with Crippen LogP contribution in [0.25, 0.3) is 0 Å². The summed E-state index contributed by atoms with van der Waals surface area (Å²) in [5.74, 6) is -0.219. The lowest BCUT2D eigenvalue weighted by atomic mass is 9.91. The number of rotatable bonds is 2. The Balaban J connectivity index is 2.12. The number of halogens is 2. The minimum Gasteiger partial charge on any atom is -0.365 e. The molecule has 1 amide bonds. The fraction of sp³-hybridized carbons (Fsp3) is 0.231. The van der Waals surface area contributed by atoms with E-state index in [9.17, 15) is 9.18 Å². The van der Waals surface area contributed by atoms with Crippen LogP contribution in [0.5, 0.6) is 0 Å². The van der Waals surface area contributed by atoms with E-state index in [1.54, 1.807) is 19.2 Å². The van der Waals surface area contributed by atoms with E-state index < -0.39 is 0 Å². The highest BCUT2D eigenvalue weighted by Crippen LogP contribution is 2.43. The van der Waals surface area contributed by atoms with Crippen LogP contribution in [-0.4, -0.2) is 17.9 Å². The summed E-state index contributed by atoms with van der Waals surface area (Å²) in [6.07, 6.45) is 0.228. The van der Waals surface area contributed by atoms with Crippen LogP contribution in [0.1, 0.15) is 22.8 Å². The van der Waals surface area contributed by atoms with Crippen LogP contribution < -0.4 is 10.6 Å². The number of hydrogen-bond acceptors (Lipinski definition) is 4. The molecule has 1 aromatic carbocycles. The molecule has 0 spiro atoms. The molecule has 4 nitrogen and oxygen atoms in total. The van der Waals surface area contributed by atoms with E-state index in [0.717, 1.165) is 9.35 Å². The molecule has 2 aromatic rings. The van der Waals surface area contributed by atoms with E-state index in [1.165, 1.54) is 17.4 Å². The second-order valence-electron chi connectivity index (χ2n) is 4.45. The van der Waals surface area contributed by atoms with Crippen molar-refractivity contribution < 1.29 is 9.18 Å². The highest BCUT2D eigenvalue weighted by molar-refractivity contribution is 9.10. The molecule has 20 heavy (non-hydrogen) atoms. The van der Waals surface area contributed by atoms with Crippen LogP contribution in [0.2, 0.25) is 0 Å². The monoisotopic (exact) mass is 355 g/mol. The minimum absolute atomic E-state index is 0.144. The molecule has 0 fully saturated rings. The van der Waals surface area contributed by atoms with Crippen molar-refractivity contribution in [2.24, 2.45) is 0 Å². The average molecular weight is 356 g/mol. The number of anilines is 2. The summed E-state index contributed by atoms with van der Waals surface area (Å²) in [7, 11) is 1.76. The second-order valence-corrected chi connectivity index (χ2v) is 6.40. The molecule has 7 heteroatoms. The molecule has 0 unspecified atom stereocenters. The molecule has 0 radical (unpaired) electrons. The van der Waals surface area contributed by atoms with Crippen LogP contribution in [0.3, 0.4) is 0 Å². The summed E-state index contributed by atoms with van der Waals surface area (Å²) in [6.45, 7) is 0. The van der Waals surface area contributed by atoms with Gasteiger partial charge in [0.15, 0.2) is 5.13 Å². The number of nitrogens with one attached hydrogen (secondary N) is 2. The quantitative estimate of drug-likeness (QED) is 0.865. The van der Waals surface area contributed by atoms with Crippen molar-refractivity contribution in [1.29, 1.82) is 0 Å². The molecule has 2 N–H and O–H groups in total. The molecule has 2 heterocycles. The molecule has 0 bridgehead atoms. The van der Waals surface area contributed by atoms with Gasteiger partial charge < -0.3 is 10.6 Å². The lowest BCUT2D eigenvalue weighted by Gasteiger charge is -2.22. The molecular formula is C13H11BrFN3OS. The number of carbonyl (C=O) groups excluding carboxylic acids is 1. The first-order valence-corrected chi connectivity index (χ1v) is 7.62. The lowest BCUT2D eigenvalue weighted by molar-refractivity contribution is -0.116. The van der Waals surface area contributed by atoms with Crippen molar-refractivity contribution in [2.75, 3.05) is 17.7 Å². The highest BCUT2D eigenvalue weighted by Gasteiger charge is 2.31. The predicted octanol–water partition coefficient (Wildman–Crippen LogP) is 3.56. The summed E-state index contributed by atoms with van der Waals surface area (Å²) in [4.78, 5) is 17.0. The zero-order valence-electron chi connectivity index (χ0n) is 10.5. The Morgan fingerprint density at radius 2 is 2.35 bits per heavy atom. The molecule has 3 rings (SSSR count). The largest absolute Gasteiger partial charge is 0.365 e. The van der Waals surface area contributed by atoms with E-state index in [2.05, 4.69) is 31.5 Å². The first-order chi connectivity index (χ1) is 9.58. The van der Waals surface area contributed by atoms with Gasteiger partial charge in [-0.1, -0.05) is 27.3 Å². The van der Waals surface area contributed by atoms with Crippen molar-refractivity contribution in [3.8, 4) is 0 Å². The van der Waals surface area contributed by atoms with Crippen LogP contribution in [-0.2, 0) is 4.79 Å². The van der Waals surface area contributed by atoms with Gasteiger partial charge in [-0.05, 0) is 23.8 Å². The molecule has 1 aliphatic heterocycles. The first-order valence-electron chi connectivity index (χ1n) is 6.01. The number of carbonyl (C=O) groups is 1. The number of fused-ring (bicyclic) bond motifs is 1. The number of amides is 1. The fourth-order valence-electron chi connectivity index (χ4n) is 2.26. The Kier molecular flexibility index (Phi) is 3.47. The zero-order valence-corrected chi connectivity index (χ0v) is 12.9. The topological polar surface area (TPSA) is 54.0 Å². The third-order valence-electron chi connectivity index (χ3n) is 3.16. The maximum atomic E-state index is 14.1. The van der Waals surface area contributed by atoms with Crippen molar-refractivity contribution in [3.05, 3.63) is 38.9 Å². The third-order valence-corrected chi connectivity index (χ3v) is 4.84. The standard InChI is InChI=1S/C13H11BrFN3OS/c1-16-13-18-12-11(20-13)8(5-10(19)17-12)7-4-6(14)2-3-9(7)15/h2-4,8H,5H2,1H3,(H,16,18)(H,17,19)/t8-/m1/s1. The van der Waals surface area contributed by atoms with Crippen molar-refractivity contribution >= 4 is 44.1 Å². The predicted molar refractivity (Wildman–Crippen MR) is 80.9 cm³/mol. The zero-order chi connectivity index (χ0) is 14.3. The Labute approximate surface area is 127 Å². The van der Waals surface area contributed by atoms with Crippen LogP contribution in [0, 0.1) is 5.82 Å². The van der Waals surface area contributed by atoms with Crippen LogP contribution in [0.4, 0.5) is 15.3 Å². The molecule has 1 atom stereocenters. The fourth-order valence-corrected chi connectivity index (χ4v) is 3.63. The second kappa shape index (κ2) is 5.14. The summed E-state index contributed by atoms with van der Waals surface area (Å²) in [5.41, 5.74) is 0.516. The van der Waals surface area contributed by atoms with Gasteiger partial charge in [0, 0.05) is 23.9 Å². The summed E-state index contributed by atoms with van der Waals surface area (Å²) < 4.78 is 14.9. The lowest BCUT2D eigenvalue weighted by Crippen LogP contribution is -2.23. The van der Waals surface area contributed by atoms with Gasteiger partial charge in [0.1, 0.15) is 11.6 Å². The molecule has 104 valence electrons. The maximum absolute atomic E-state index is 14.1. The Hall–Kier alpha value is -1.47. The summed E-state index contributed by atoms with van der Waals surface area (Å²) in [5, 5.41) is 6.39. The smallest absolute Gasteiger partial charge is 0.226 e. The van der Waals surface area contributed by atoms with Crippen molar-refractivity contribution in [3.63, 3.8) is 0 Å². The van der Waals surface area contributed by atoms with Gasteiger partial charge >= 0.3 is 0 Å². The molecule has 0 aliphatic carbocycles. The third kappa shape index (κ3) is 2.31. The van der Waals surface area contributed by atoms with Crippen molar-refractivity contribution in [1.82, 2.24) is 4.98 Å². The number of hydrogen-bond donors (Lipinski definition) is 2. The Morgan fingerprint density at radius 1 is 1.55 bits per heavy atom. The number of nitrogens with zero attached hydrogens (tertiary/aromatic N) is 1. The number of aromatic nitrogens is 1. The van der Waals surface area contributed by atoms with Gasteiger partial charge in [0.2, 0.25) is 5.91 Å².